The summed E-state index contributed by atoms with van der Waals surface area (Å²) in [4.78, 5) is 2.30. The first-order valence-corrected chi connectivity index (χ1v) is 7.72. The number of hydrogen-bond acceptors (Lipinski definition) is 2. The van der Waals surface area contributed by atoms with E-state index in [1.807, 2.05) is 12.1 Å². The Morgan fingerprint density at radius 2 is 1.75 bits per heavy atom. The highest BCUT2D eigenvalue weighted by molar-refractivity contribution is 6.33. The van der Waals surface area contributed by atoms with Gasteiger partial charge in [0.2, 0.25) is 0 Å². The van der Waals surface area contributed by atoms with E-state index in [0.29, 0.717) is 0 Å². The van der Waals surface area contributed by atoms with E-state index in [4.69, 9.17) is 11.6 Å². The fourth-order valence-electron chi connectivity index (χ4n) is 1.98. The molecule has 1 aromatic rings. The lowest BCUT2D eigenvalue weighted by Crippen LogP contribution is -2.42. The van der Waals surface area contributed by atoms with Crippen molar-refractivity contribution in [2.24, 2.45) is 0 Å². The Labute approximate surface area is 129 Å². The van der Waals surface area contributed by atoms with Crippen LogP contribution in [0.5, 0.6) is 0 Å². The first kappa shape index (κ1) is 17.3. The molecule has 1 rings (SSSR count). The Kier molecular flexibility index (Phi) is 5.51. The van der Waals surface area contributed by atoms with Crippen LogP contribution in [0.4, 0.5) is 5.69 Å². The second kappa shape index (κ2) is 6.36. The van der Waals surface area contributed by atoms with Crippen molar-refractivity contribution in [1.29, 1.82) is 0 Å². The maximum Gasteiger partial charge on any atom is 0.0642 e. The zero-order valence-electron chi connectivity index (χ0n) is 14.0. The molecule has 2 nitrogen and oxygen atoms in total. The van der Waals surface area contributed by atoms with Crippen LogP contribution in [0.15, 0.2) is 18.2 Å². The standard InChI is InChI=1S/C17H29ClN2/c1-8-17(5,6)20(7)15-13(10-9-11-14(15)18)12-19-16(2,3)4/h9-11,19H,8,12H2,1-7H3. The number of rotatable bonds is 5. The summed E-state index contributed by atoms with van der Waals surface area (Å²) in [5.74, 6) is 0. The van der Waals surface area contributed by atoms with E-state index >= 15 is 0 Å². The molecular weight excluding hydrogens is 268 g/mol. The van der Waals surface area contributed by atoms with Crippen molar-refractivity contribution in [1.82, 2.24) is 5.32 Å². The molecule has 0 fully saturated rings. The predicted molar refractivity (Wildman–Crippen MR) is 90.8 cm³/mol. The largest absolute Gasteiger partial charge is 0.368 e. The van der Waals surface area contributed by atoms with Crippen molar-refractivity contribution in [2.75, 3.05) is 11.9 Å². The van der Waals surface area contributed by atoms with Crippen LogP contribution in [0.1, 0.15) is 53.5 Å². The van der Waals surface area contributed by atoms with E-state index < -0.39 is 0 Å². The smallest absolute Gasteiger partial charge is 0.0642 e. The van der Waals surface area contributed by atoms with Crippen molar-refractivity contribution < 1.29 is 0 Å². The Bertz CT molecular complexity index is 447. The van der Waals surface area contributed by atoms with Gasteiger partial charge >= 0.3 is 0 Å². The highest BCUT2D eigenvalue weighted by Gasteiger charge is 2.25. The van der Waals surface area contributed by atoms with E-state index in [1.165, 1.54) is 5.56 Å². The van der Waals surface area contributed by atoms with Crippen LogP contribution in [-0.2, 0) is 6.54 Å². The van der Waals surface area contributed by atoms with Gasteiger partial charge in [-0.1, -0.05) is 30.7 Å². The maximum absolute atomic E-state index is 6.47. The third-order valence-electron chi connectivity index (χ3n) is 3.99. The van der Waals surface area contributed by atoms with Crippen LogP contribution in [-0.4, -0.2) is 18.1 Å². The predicted octanol–water partition coefficient (Wildman–Crippen LogP) is 4.85. The SMILES string of the molecule is CCC(C)(C)N(C)c1c(Cl)cccc1CNC(C)(C)C. The molecule has 0 unspecified atom stereocenters. The summed E-state index contributed by atoms with van der Waals surface area (Å²) in [6, 6.07) is 6.15. The fourth-order valence-corrected chi connectivity index (χ4v) is 2.30. The highest BCUT2D eigenvalue weighted by Crippen LogP contribution is 2.34. The maximum atomic E-state index is 6.47. The van der Waals surface area contributed by atoms with Gasteiger partial charge in [-0.05, 0) is 52.7 Å². The number of benzene rings is 1. The molecule has 0 aromatic heterocycles. The quantitative estimate of drug-likeness (QED) is 0.835. The van der Waals surface area contributed by atoms with Gasteiger partial charge in [0, 0.05) is 24.7 Å². The zero-order valence-corrected chi connectivity index (χ0v) is 14.7. The van der Waals surface area contributed by atoms with Crippen LogP contribution in [0.3, 0.4) is 0 Å². The molecule has 0 spiro atoms. The summed E-state index contributed by atoms with van der Waals surface area (Å²) in [5, 5.41) is 4.37. The fraction of sp³-hybridized carbons (Fsp3) is 0.647. The van der Waals surface area contributed by atoms with Gasteiger partial charge in [0.25, 0.3) is 0 Å². The number of hydrogen-bond donors (Lipinski definition) is 1. The average molecular weight is 297 g/mol. The van der Waals surface area contributed by atoms with Gasteiger partial charge < -0.3 is 10.2 Å². The van der Waals surface area contributed by atoms with Crippen LogP contribution < -0.4 is 10.2 Å². The summed E-state index contributed by atoms with van der Waals surface area (Å²) in [7, 11) is 2.13. The molecule has 1 aromatic carbocycles. The lowest BCUT2D eigenvalue weighted by atomic mass is 9.97. The van der Waals surface area contributed by atoms with Crippen molar-refractivity contribution in [3.05, 3.63) is 28.8 Å². The van der Waals surface area contributed by atoms with Crippen LogP contribution >= 0.6 is 11.6 Å². The molecular formula is C17H29ClN2. The second-order valence-electron chi connectivity index (χ2n) is 7.08. The molecule has 1 N–H and O–H groups in total. The lowest BCUT2D eigenvalue weighted by Gasteiger charge is -2.38. The van der Waals surface area contributed by atoms with Gasteiger partial charge in [0.1, 0.15) is 0 Å². The minimum Gasteiger partial charge on any atom is -0.368 e. The molecule has 0 aliphatic carbocycles. The number of nitrogens with zero attached hydrogens (tertiary/aromatic N) is 1. The van der Waals surface area contributed by atoms with Gasteiger partial charge in [-0.2, -0.15) is 0 Å². The minimum absolute atomic E-state index is 0.0848. The summed E-state index contributed by atoms with van der Waals surface area (Å²) < 4.78 is 0. The first-order chi connectivity index (χ1) is 9.08. The molecule has 0 saturated heterocycles. The minimum atomic E-state index is 0.0848. The van der Waals surface area contributed by atoms with Crippen molar-refractivity contribution >= 4 is 17.3 Å². The second-order valence-corrected chi connectivity index (χ2v) is 7.48. The molecule has 0 radical (unpaired) electrons. The molecule has 0 atom stereocenters. The number of halogens is 1. The number of anilines is 1. The van der Waals surface area contributed by atoms with Crippen molar-refractivity contribution in [3.63, 3.8) is 0 Å². The van der Waals surface area contributed by atoms with Crippen molar-refractivity contribution in [2.45, 2.75) is 65.6 Å². The van der Waals surface area contributed by atoms with Gasteiger partial charge in [0.05, 0.1) is 10.7 Å². The summed E-state index contributed by atoms with van der Waals surface area (Å²) in [5.41, 5.74) is 2.56. The molecule has 0 aliphatic heterocycles. The molecule has 20 heavy (non-hydrogen) atoms. The number of nitrogens with one attached hydrogen (secondary N) is 1. The zero-order chi connectivity index (χ0) is 15.6. The first-order valence-electron chi connectivity index (χ1n) is 7.35. The van der Waals surface area contributed by atoms with Crippen LogP contribution in [0, 0.1) is 0 Å². The third-order valence-corrected chi connectivity index (χ3v) is 4.29. The van der Waals surface area contributed by atoms with E-state index in [1.54, 1.807) is 0 Å². The molecule has 0 amide bonds. The summed E-state index contributed by atoms with van der Waals surface area (Å²) in [6.07, 6.45) is 1.07. The highest BCUT2D eigenvalue weighted by atomic mass is 35.5. The molecule has 3 heteroatoms. The van der Waals surface area contributed by atoms with E-state index in [9.17, 15) is 0 Å². The van der Waals surface area contributed by atoms with Gasteiger partial charge in [-0.3, -0.25) is 0 Å². The van der Waals surface area contributed by atoms with E-state index in [0.717, 1.165) is 23.7 Å². The topological polar surface area (TPSA) is 15.3 Å². The molecule has 0 bridgehead atoms. The van der Waals surface area contributed by atoms with Gasteiger partial charge in [-0.25, -0.2) is 0 Å². The van der Waals surface area contributed by atoms with Gasteiger partial charge in [-0.15, -0.1) is 0 Å². The Hall–Kier alpha value is -0.730. The molecule has 0 saturated carbocycles. The summed E-state index contributed by atoms with van der Waals surface area (Å²) >= 11 is 6.47. The monoisotopic (exact) mass is 296 g/mol. The van der Waals surface area contributed by atoms with E-state index in [2.05, 4.69) is 64.9 Å². The van der Waals surface area contributed by atoms with Crippen LogP contribution in [0.25, 0.3) is 0 Å². The molecule has 0 heterocycles. The normalized spacial score (nSPS) is 12.6. The number of para-hydroxylation sites is 1. The third kappa shape index (κ3) is 4.39. The Morgan fingerprint density at radius 1 is 1.15 bits per heavy atom. The lowest BCUT2D eigenvalue weighted by molar-refractivity contribution is 0.422. The van der Waals surface area contributed by atoms with Crippen LogP contribution in [0.2, 0.25) is 5.02 Å². The Morgan fingerprint density at radius 3 is 2.25 bits per heavy atom. The molecule has 114 valence electrons. The molecule has 0 aliphatic rings. The Balaban J connectivity index is 3.12. The van der Waals surface area contributed by atoms with Crippen molar-refractivity contribution in [3.8, 4) is 0 Å². The average Bonchev–Trinajstić information content (AvgIpc) is 2.34. The van der Waals surface area contributed by atoms with Gasteiger partial charge in [0.15, 0.2) is 0 Å². The summed E-state index contributed by atoms with van der Waals surface area (Å²) in [6.45, 7) is 14.1. The van der Waals surface area contributed by atoms with E-state index in [-0.39, 0.29) is 11.1 Å².